The van der Waals surface area contributed by atoms with Gasteiger partial charge in [-0.25, -0.2) is 0 Å². The molecule has 1 atom stereocenters. The first-order chi connectivity index (χ1) is 6.74. The Kier molecular flexibility index (Phi) is 4.43. The molecule has 2 N–H and O–H groups in total. The van der Waals surface area contributed by atoms with Gasteiger partial charge in [-0.1, -0.05) is 18.2 Å². The van der Waals surface area contributed by atoms with Crippen LogP contribution in [0.3, 0.4) is 0 Å². The molecule has 0 spiro atoms. The average Bonchev–Trinajstić information content (AvgIpc) is 2.17. The van der Waals surface area contributed by atoms with Crippen molar-refractivity contribution in [3.05, 3.63) is 29.8 Å². The Balaban J connectivity index is 2.41. The fourth-order valence-corrected chi connectivity index (χ4v) is 1.14. The van der Waals surface area contributed by atoms with Gasteiger partial charge in [-0.2, -0.15) is 0 Å². The molecular weight excluding hydrogens is 180 g/mol. The van der Waals surface area contributed by atoms with Crippen molar-refractivity contribution in [2.45, 2.75) is 19.4 Å². The number of aliphatic hydroxyl groups excluding tert-OH is 2. The Hall–Kier alpha value is -1.06. The standard InChI is InChI=1S/C11H16O3/c1-9-4-2-3-5-11(9)14-8-10(13)6-7-12/h2-5,10,12-13H,6-8H2,1H3. The minimum absolute atomic E-state index is 0.0156. The highest BCUT2D eigenvalue weighted by atomic mass is 16.5. The summed E-state index contributed by atoms with van der Waals surface area (Å²) in [7, 11) is 0. The summed E-state index contributed by atoms with van der Waals surface area (Å²) >= 11 is 0. The normalized spacial score (nSPS) is 12.5. The summed E-state index contributed by atoms with van der Waals surface area (Å²) in [4.78, 5) is 0. The maximum Gasteiger partial charge on any atom is 0.122 e. The van der Waals surface area contributed by atoms with Crippen molar-refractivity contribution in [2.75, 3.05) is 13.2 Å². The Morgan fingerprint density at radius 3 is 2.71 bits per heavy atom. The molecule has 0 aromatic heterocycles. The molecule has 0 bridgehead atoms. The van der Waals surface area contributed by atoms with Crippen LogP contribution in [0.4, 0.5) is 0 Å². The third kappa shape index (κ3) is 3.36. The summed E-state index contributed by atoms with van der Waals surface area (Å²) in [5.74, 6) is 0.782. The molecular formula is C11H16O3. The van der Waals surface area contributed by atoms with Crippen molar-refractivity contribution in [1.82, 2.24) is 0 Å². The third-order valence-electron chi connectivity index (χ3n) is 1.99. The minimum atomic E-state index is -0.598. The molecule has 0 aliphatic rings. The number of aliphatic hydroxyl groups is 2. The van der Waals surface area contributed by atoms with Gasteiger partial charge in [0.1, 0.15) is 12.4 Å². The molecule has 0 fully saturated rings. The fourth-order valence-electron chi connectivity index (χ4n) is 1.14. The molecule has 78 valence electrons. The van der Waals surface area contributed by atoms with Crippen LogP contribution in [0.2, 0.25) is 0 Å². The van der Waals surface area contributed by atoms with Gasteiger partial charge in [0.2, 0.25) is 0 Å². The lowest BCUT2D eigenvalue weighted by Gasteiger charge is -2.12. The van der Waals surface area contributed by atoms with Crippen molar-refractivity contribution in [3.8, 4) is 5.75 Å². The zero-order chi connectivity index (χ0) is 10.4. The van der Waals surface area contributed by atoms with Crippen LogP contribution < -0.4 is 4.74 Å². The molecule has 3 nitrogen and oxygen atoms in total. The molecule has 0 heterocycles. The smallest absolute Gasteiger partial charge is 0.122 e. The van der Waals surface area contributed by atoms with Gasteiger partial charge in [-0.05, 0) is 25.0 Å². The zero-order valence-electron chi connectivity index (χ0n) is 8.31. The summed E-state index contributed by atoms with van der Waals surface area (Å²) in [6.45, 7) is 2.16. The number of ether oxygens (including phenoxy) is 1. The van der Waals surface area contributed by atoms with Crippen LogP contribution in [0.15, 0.2) is 24.3 Å². The maximum atomic E-state index is 9.32. The molecule has 0 aliphatic carbocycles. The second-order valence-electron chi connectivity index (χ2n) is 3.24. The molecule has 14 heavy (non-hydrogen) atoms. The lowest BCUT2D eigenvalue weighted by molar-refractivity contribution is 0.0819. The molecule has 0 saturated carbocycles. The summed E-state index contributed by atoms with van der Waals surface area (Å²) in [5, 5.41) is 17.9. The molecule has 0 saturated heterocycles. The highest BCUT2D eigenvalue weighted by Crippen LogP contribution is 2.16. The van der Waals surface area contributed by atoms with Crippen molar-refractivity contribution in [2.24, 2.45) is 0 Å². The summed E-state index contributed by atoms with van der Waals surface area (Å²) in [5.41, 5.74) is 1.05. The minimum Gasteiger partial charge on any atom is -0.491 e. The quantitative estimate of drug-likeness (QED) is 0.742. The van der Waals surface area contributed by atoms with Crippen LogP contribution in [-0.4, -0.2) is 29.5 Å². The van der Waals surface area contributed by atoms with E-state index in [0.717, 1.165) is 11.3 Å². The van der Waals surface area contributed by atoms with Crippen LogP contribution in [0.5, 0.6) is 5.75 Å². The predicted octanol–water partition coefficient (Wildman–Crippen LogP) is 1.12. The van der Waals surface area contributed by atoms with Crippen LogP contribution in [0.1, 0.15) is 12.0 Å². The van der Waals surface area contributed by atoms with Crippen molar-refractivity contribution in [1.29, 1.82) is 0 Å². The van der Waals surface area contributed by atoms with Crippen LogP contribution in [0, 0.1) is 6.92 Å². The third-order valence-corrected chi connectivity index (χ3v) is 1.99. The van der Waals surface area contributed by atoms with Gasteiger partial charge in [0.15, 0.2) is 0 Å². The van der Waals surface area contributed by atoms with Gasteiger partial charge in [-0.15, -0.1) is 0 Å². The first kappa shape index (κ1) is 11.0. The van der Waals surface area contributed by atoms with E-state index in [2.05, 4.69) is 0 Å². The molecule has 3 heteroatoms. The zero-order valence-corrected chi connectivity index (χ0v) is 8.31. The van der Waals surface area contributed by atoms with E-state index >= 15 is 0 Å². The van der Waals surface area contributed by atoms with Gasteiger partial charge >= 0.3 is 0 Å². The van der Waals surface area contributed by atoms with E-state index < -0.39 is 6.10 Å². The molecule has 0 radical (unpaired) electrons. The Morgan fingerprint density at radius 2 is 2.07 bits per heavy atom. The van der Waals surface area contributed by atoms with E-state index in [4.69, 9.17) is 9.84 Å². The van der Waals surface area contributed by atoms with E-state index in [1.54, 1.807) is 0 Å². The van der Waals surface area contributed by atoms with Crippen LogP contribution in [0.25, 0.3) is 0 Å². The van der Waals surface area contributed by atoms with Crippen molar-refractivity contribution < 1.29 is 14.9 Å². The highest BCUT2D eigenvalue weighted by molar-refractivity contribution is 5.31. The van der Waals surface area contributed by atoms with Crippen LogP contribution >= 0.6 is 0 Å². The highest BCUT2D eigenvalue weighted by Gasteiger charge is 2.04. The number of rotatable bonds is 5. The predicted molar refractivity (Wildman–Crippen MR) is 54.4 cm³/mol. The molecule has 1 aromatic carbocycles. The molecule has 1 unspecified atom stereocenters. The summed E-state index contributed by atoms with van der Waals surface area (Å²) in [6.07, 6.45) is -0.245. The van der Waals surface area contributed by atoms with E-state index in [1.807, 2.05) is 31.2 Å². The summed E-state index contributed by atoms with van der Waals surface area (Å²) < 4.78 is 5.39. The second kappa shape index (κ2) is 5.62. The van der Waals surface area contributed by atoms with E-state index in [1.165, 1.54) is 0 Å². The molecule has 0 aliphatic heterocycles. The van der Waals surface area contributed by atoms with Gasteiger partial charge in [-0.3, -0.25) is 0 Å². The molecule has 1 rings (SSSR count). The largest absolute Gasteiger partial charge is 0.491 e. The van der Waals surface area contributed by atoms with E-state index in [-0.39, 0.29) is 13.2 Å². The first-order valence-electron chi connectivity index (χ1n) is 4.71. The number of hydrogen-bond acceptors (Lipinski definition) is 3. The van der Waals surface area contributed by atoms with E-state index in [0.29, 0.717) is 6.42 Å². The van der Waals surface area contributed by atoms with Gasteiger partial charge < -0.3 is 14.9 Å². The van der Waals surface area contributed by atoms with Crippen molar-refractivity contribution in [3.63, 3.8) is 0 Å². The van der Waals surface area contributed by atoms with Crippen molar-refractivity contribution >= 4 is 0 Å². The first-order valence-corrected chi connectivity index (χ1v) is 4.71. The molecule has 1 aromatic rings. The number of benzene rings is 1. The fraction of sp³-hybridized carbons (Fsp3) is 0.455. The Labute approximate surface area is 84.0 Å². The molecule has 0 amide bonds. The number of hydrogen-bond donors (Lipinski definition) is 2. The van der Waals surface area contributed by atoms with Gasteiger partial charge in [0.25, 0.3) is 0 Å². The van der Waals surface area contributed by atoms with Gasteiger partial charge in [0, 0.05) is 6.61 Å². The Morgan fingerprint density at radius 1 is 1.36 bits per heavy atom. The Bertz CT molecular complexity index is 273. The monoisotopic (exact) mass is 196 g/mol. The maximum absolute atomic E-state index is 9.32. The lowest BCUT2D eigenvalue weighted by atomic mass is 10.2. The van der Waals surface area contributed by atoms with Crippen LogP contribution in [-0.2, 0) is 0 Å². The lowest BCUT2D eigenvalue weighted by Crippen LogP contribution is -2.18. The van der Waals surface area contributed by atoms with Gasteiger partial charge in [0.05, 0.1) is 6.10 Å². The number of para-hydroxylation sites is 1. The SMILES string of the molecule is Cc1ccccc1OCC(O)CCO. The second-order valence-corrected chi connectivity index (χ2v) is 3.24. The summed E-state index contributed by atoms with van der Waals surface area (Å²) in [6, 6.07) is 7.64. The number of aryl methyl sites for hydroxylation is 1. The topological polar surface area (TPSA) is 49.7 Å². The van der Waals surface area contributed by atoms with E-state index in [9.17, 15) is 5.11 Å². The average molecular weight is 196 g/mol.